The van der Waals surface area contributed by atoms with Crippen LogP contribution in [0.3, 0.4) is 0 Å². The predicted molar refractivity (Wildman–Crippen MR) is 91.8 cm³/mol. The number of hydrogen-bond donors (Lipinski definition) is 3. The molecule has 1 aliphatic carbocycles. The van der Waals surface area contributed by atoms with E-state index in [-0.39, 0.29) is 23.5 Å². The van der Waals surface area contributed by atoms with E-state index >= 15 is 0 Å². The Morgan fingerprint density at radius 3 is 2.50 bits per heavy atom. The molecule has 24 heavy (non-hydrogen) atoms. The van der Waals surface area contributed by atoms with E-state index in [1.807, 2.05) is 19.1 Å². The Labute approximate surface area is 140 Å². The van der Waals surface area contributed by atoms with Gasteiger partial charge in [-0.15, -0.1) is 0 Å². The molecule has 0 atom stereocenters. The first-order chi connectivity index (χ1) is 11.5. The van der Waals surface area contributed by atoms with Gasteiger partial charge in [0.05, 0.1) is 5.69 Å². The molecule has 0 saturated heterocycles. The second-order valence-corrected chi connectivity index (χ2v) is 6.16. The summed E-state index contributed by atoms with van der Waals surface area (Å²) in [6.07, 6.45) is 1.97. The minimum atomic E-state index is -0.288. The van der Waals surface area contributed by atoms with Gasteiger partial charge in [-0.1, -0.05) is 18.2 Å². The Bertz CT molecular complexity index is 765. The zero-order valence-electron chi connectivity index (χ0n) is 13.5. The van der Waals surface area contributed by atoms with Crippen molar-refractivity contribution in [2.24, 2.45) is 5.92 Å². The van der Waals surface area contributed by atoms with E-state index in [0.29, 0.717) is 17.8 Å². The summed E-state index contributed by atoms with van der Waals surface area (Å²) in [6.45, 7) is 2.36. The van der Waals surface area contributed by atoms with E-state index in [4.69, 9.17) is 0 Å². The summed E-state index contributed by atoms with van der Waals surface area (Å²) >= 11 is 0. The highest BCUT2D eigenvalue weighted by Crippen LogP contribution is 2.28. The maximum Gasteiger partial charge on any atom is 0.255 e. The van der Waals surface area contributed by atoms with Crippen LogP contribution in [0, 0.1) is 12.8 Å². The summed E-state index contributed by atoms with van der Waals surface area (Å²) in [7, 11) is 0. The lowest BCUT2D eigenvalue weighted by Gasteiger charge is -2.09. The smallest absolute Gasteiger partial charge is 0.255 e. The van der Waals surface area contributed by atoms with Crippen LogP contribution >= 0.6 is 0 Å². The summed E-state index contributed by atoms with van der Waals surface area (Å²) in [5, 5.41) is 15.4. The minimum Gasteiger partial charge on any atom is -0.506 e. The molecule has 5 nitrogen and oxygen atoms in total. The monoisotopic (exact) mass is 324 g/mol. The molecule has 124 valence electrons. The lowest BCUT2D eigenvalue weighted by Crippen LogP contribution is -2.24. The van der Waals surface area contributed by atoms with Gasteiger partial charge in [-0.2, -0.15) is 0 Å². The molecule has 1 fully saturated rings. The van der Waals surface area contributed by atoms with E-state index in [9.17, 15) is 14.7 Å². The maximum atomic E-state index is 12.3. The van der Waals surface area contributed by atoms with Crippen molar-refractivity contribution in [3.63, 3.8) is 0 Å². The van der Waals surface area contributed by atoms with Crippen LogP contribution in [0.5, 0.6) is 5.75 Å². The maximum absolute atomic E-state index is 12.3. The molecule has 0 spiro atoms. The van der Waals surface area contributed by atoms with E-state index in [1.165, 1.54) is 0 Å². The first-order valence-electron chi connectivity index (χ1n) is 8.00. The topological polar surface area (TPSA) is 78.4 Å². The number of carbonyl (C=O) groups excluding carboxylic acids is 2. The molecule has 2 aromatic rings. The highest BCUT2D eigenvalue weighted by atomic mass is 16.3. The van der Waals surface area contributed by atoms with Crippen LogP contribution in [0.15, 0.2) is 42.5 Å². The summed E-state index contributed by atoms with van der Waals surface area (Å²) in [4.78, 5) is 23.9. The van der Waals surface area contributed by atoms with Gasteiger partial charge in [0.2, 0.25) is 5.91 Å². The lowest BCUT2D eigenvalue weighted by atomic mass is 10.1. The van der Waals surface area contributed by atoms with Gasteiger partial charge in [-0.25, -0.2) is 0 Å². The number of phenols is 1. The van der Waals surface area contributed by atoms with Gasteiger partial charge in [0, 0.05) is 18.0 Å². The van der Waals surface area contributed by atoms with Crippen molar-refractivity contribution in [2.45, 2.75) is 26.3 Å². The molecule has 0 radical (unpaired) electrons. The number of carbonyl (C=O) groups is 2. The normalized spacial score (nSPS) is 13.4. The van der Waals surface area contributed by atoms with Crippen molar-refractivity contribution in [3.05, 3.63) is 59.2 Å². The minimum absolute atomic E-state index is 0.0355. The van der Waals surface area contributed by atoms with E-state index in [1.54, 1.807) is 30.3 Å². The average molecular weight is 324 g/mol. The van der Waals surface area contributed by atoms with Crippen molar-refractivity contribution in [2.75, 3.05) is 5.32 Å². The molecule has 0 unspecified atom stereocenters. The number of rotatable bonds is 5. The molecule has 1 aliphatic rings. The SMILES string of the molecule is Cc1ccc(O)c(NC(=O)c2ccc(CNC(=O)C3CC3)cc2)c1. The van der Waals surface area contributed by atoms with E-state index < -0.39 is 0 Å². The zero-order valence-corrected chi connectivity index (χ0v) is 13.5. The Balaban J connectivity index is 1.60. The molecule has 0 heterocycles. The summed E-state index contributed by atoms with van der Waals surface area (Å²) in [6, 6.07) is 12.1. The summed E-state index contributed by atoms with van der Waals surface area (Å²) < 4.78 is 0. The third-order valence-corrected chi connectivity index (χ3v) is 4.03. The number of benzene rings is 2. The molecule has 0 aliphatic heterocycles. The van der Waals surface area contributed by atoms with Gasteiger partial charge in [0.25, 0.3) is 5.91 Å². The first kappa shape index (κ1) is 16.1. The third kappa shape index (κ3) is 3.93. The lowest BCUT2D eigenvalue weighted by molar-refractivity contribution is -0.122. The van der Waals surface area contributed by atoms with Crippen LogP contribution in [0.4, 0.5) is 5.69 Å². The molecule has 0 bridgehead atoms. The van der Waals surface area contributed by atoms with Crippen LogP contribution < -0.4 is 10.6 Å². The van der Waals surface area contributed by atoms with Crippen molar-refractivity contribution >= 4 is 17.5 Å². The fraction of sp³-hybridized carbons (Fsp3) is 0.263. The van der Waals surface area contributed by atoms with Crippen molar-refractivity contribution in [3.8, 4) is 5.75 Å². The Kier molecular flexibility index (Phi) is 4.51. The number of aromatic hydroxyl groups is 1. The average Bonchev–Trinajstić information content (AvgIpc) is 3.41. The van der Waals surface area contributed by atoms with Crippen LogP contribution in [0.25, 0.3) is 0 Å². The Morgan fingerprint density at radius 1 is 1.12 bits per heavy atom. The molecular formula is C19H20N2O3. The van der Waals surface area contributed by atoms with Crippen LogP contribution in [-0.2, 0) is 11.3 Å². The first-order valence-corrected chi connectivity index (χ1v) is 8.00. The largest absolute Gasteiger partial charge is 0.506 e. The van der Waals surface area contributed by atoms with Gasteiger partial charge in [-0.05, 0) is 55.2 Å². The second kappa shape index (κ2) is 6.74. The number of amides is 2. The number of anilines is 1. The number of phenolic OH excluding ortho intramolecular Hbond substituents is 1. The molecule has 0 aromatic heterocycles. The quantitative estimate of drug-likeness (QED) is 0.740. The zero-order chi connectivity index (χ0) is 17.1. The molecule has 3 N–H and O–H groups in total. The van der Waals surface area contributed by atoms with Gasteiger partial charge in [0.1, 0.15) is 5.75 Å². The number of nitrogens with one attached hydrogen (secondary N) is 2. The summed E-state index contributed by atoms with van der Waals surface area (Å²) in [5.74, 6) is 0.0432. The Morgan fingerprint density at radius 2 is 1.83 bits per heavy atom. The van der Waals surface area contributed by atoms with Gasteiger partial charge in [-0.3, -0.25) is 9.59 Å². The van der Waals surface area contributed by atoms with E-state index in [0.717, 1.165) is 24.0 Å². The van der Waals surface area contributed by atoms with Crippen molar-refractivity contribution in [1.82, 2.24) is 5.32 Å². The third-order valence-electron chi connectivity index (χ3n) is 4.03. The molecule has 1 saturated carbocycles. The second-order valence-electron chi connectivity index (χ2n) is 6.16. The number of aryl methyl sites for hydroxylation is 1. The fourth-order valence-electron chi connectivity index (χ4n) is 2.40. The van der Waals surface area contributed by atoms with Gasteiger partial charge in [0.15, 0.2) is 0 Å². The standard InChI is InChI=1S/C19H20N2O3/c1-12-2-9-17(22)16(10-12)21-19(24)15-5-3-13(4-6-15)11-20-18(23)14-7-8-14/h2-6,9-10,14,22H,7-8,11H2,1H3,(H,20,23)(H,21,24). The summed E-state index contributed by atoms with van der Waals surface area (Å²) in [5.41, 5.74) is 2.78. The highest BCUT2D eigenvalue weighted by Gasteiger charge is 2.29. The molecule has 3 rings (SSSR count). The molecular weight excluding hydrogens is 304 g/mol. The van der Waals surface area contributed by atoms with Gasteiger partial charge < -0.3 is 15.7 Å². The fourth-order valence-corrected chi connectivity index (χ4v) is 2.40. The van der Waals surface area contributed by atoms with Crippen LogP contribution in [-0.4, -0.2) is 16.9 Å². The van der Waals surface area contributed by atoms with Crippen molar-refractivity contribution < 1.29 is 14.7 Å². The molecule has 2 aromatic carbocycles. The van der Waals surface area contributed by atoms with Gasteiger partial charge >= 0.3 is 0 Å². The molecule has 2 amide bonds. The highest BCUT2D eigenvalue weighted by molar-refractivity contribution is 6.05. The van der Waals surface area contributed by atoms with Crippen LogP contribution in [0.1, 0.15) is 34.3 Å². The Hall–Kier alpha value is -2.82. The van der Waals surface area contributed by atoms with Crippen molar-refractivity contribution in [1.29, 1.82) is 0 Å². The predicted octanol–water partition coefficient (Wildman–Crippen LogP) is 2.98. The molecule has 5 heteroatoms. The van der Waals surface area contributed by atoms with E-state index in [2.05, 4.69) is 10.6 Å². The van der Waals surface area contributed by atoms with Crippen LogP contribution in [0.2, 0.25) is 0 Å². The number of hydrogen-bond acceptors (Lipinski definition) is 3.